The van der Waals surface area contributed by atoms with Crippen molar-refractivity contribution >= 4 is 15.5 Å². The first kappa shape index (κ1) is 14.0. The van der Waals surface area contributed by atoms with Gasteiger partial charge in [0.15, 0.2) is 5.03 Å². The summed E-state index contributed by atoms with van der Waals surface area (Å²) in [6.45, 7) is 1.77. The van der Waals surface area contributed by atoms with E-state index >= 15 is 0 Å². The topological polar surface area (TPSA) is 96.8 Å². The Hall–Kier alpha value is -2.39. The maximum absolute atomic E-state index is 12.3. The summed E-state index contributed by atoms with van der Waals surface area (Å²) in [5.74, 6) is -0.189. The zero-order chi connectivity index (χ0) is 14.8. The maximum atomic E-state index is 12.3. The zero-order valence-electron chi connectivity index (χ0n) is 10.9. The molecule has 0 aliphatic heterocycles. The van der Waals surface area contributed by atoms with Crippen LogP contribution in [0.3, 0.4) is 0 Å². The number of nitrogens with two attached hydrogens (primary N) is 1. The van der Waals surface area contributed by atoms with Crippen molar-refractivity contribution in [1.29, 1.82) is 5.26 Å². The van der Waals surface area contributed by atoms with Crippen molar-refractivity contribution in [3.05, 3.63) is 53.2 Å². The molecule has 0 atom stereocenters. The number of pyridine rings is 1. The van der Waals surface area contributed by atoms with Crippen molar-refractivity contribution in [3.8, 4) is 6.07 Å². The van der Waals surface area contributed by atoms with Gasteiger partial charge in [-0.3, -0.25) is 0 Å². The molecule has 5 nitrogen and oxygen atoms in total. The Kier molecular flexibility index (Phi) is 3.72. The van der Waals surface area contributed by atoms with E-state index in [2.05, 4.69) is 4.98 Å². The number of aryl methyl sites for hydroxylation is 1. The number of nitrogens with zero attached hydrogens (tertiary/aromatic N) is 2. The van der Waals surface area contributed by atoms with E-state index in [0.29, 0.717) is 11.1 Å². The van der Waals surface area contributed by atoms with E-state index < -0.39 is 9.84 Å². The smallest absolute Gasteiger partial charge is 0.201 e. The Morgan fingerprint density at radius 2 is 2.10 bits per heavy atom. The highest BCUT2D eigenvalue weighted by atomic mass is 32.2. The van der Waals surface area contributed by atoms with E-state index in [4.69, 9.17) is 11.0 Å². The summed E-state index contributed by atoms with van der Waals surface area (Å²) in [6, 6.07) is 10.0. The van der Waals surface area contributed by atoms with Crippen LogP contribution >= 0.6 is 0 Å². The molecule has 1 aromatic carbocycles. The number of rotatable bonds is 3. The Morgan fingerprint density at radius 1 is 1.35 bits per heavy atom. The lowest BCUT2D eigenvalue weighted by Crippen LogP contribution is -2.10. The number of nitrogen functional groups attached to an aromatic ring is 1. The molecule has 1 heterocycles. The summed E-state index contributed by atoms with van der Waals surface area (Å²) in [4.78, 5) is 3.84. The molecule has 0 aliphatic carbocycles. The van der Waals surface area contributed by atoms with Crippen molar-refractivity contribution < 1.29 is 8.42 Å². The summed E-state index contributed by atoms with van der Waals surface area (Å²) in [6.07, 6.45) is 1.40. The molecule has 1 aromatic heterocycles. The minimum absolute atomic E-state index is 0.108. The Balaban J connectivity index is 2.40. The normalized spacial score (nSPS) is 11.0. The van der Waals surface area contributed by atoms with Gasteiger partial charge in [-0.25, -0.2) is 13.4 Å². The van der Waals surface area contributed by atoms with Crippen LogP contribution in [0.15, 0.2) is 41.6 Å². The van der Waals surface area contributed by atoms with Gasteiger partial charge in [-0.1, -0.05) is 6.07 Å². The zero-order valence-corrected chi connectivity index (χ0v) is 11.7. The number of nitriles is 1. The van der Waals surface area contributed by atoms with Crippen molar-refractivity contribution in [3.63, 3.8) is 0 Å². The lowest BCUT2D eigenvalue weighted by molar-refractivity contribution is 0.592. The van der Waals surface area contributed by atoms with Gasteiger partial charge in [0.25, 0.3) is 0 Å². The Bertz CT molecular complexity index is 792. The van der Waals surface area contributed by atoms with Gasteiger partial charge in [0.05, 0.1) is 23.1 Å². The highest BCUT2D eigenvalue weighted by Gasteiger charge is 2.20. The van der Waals surface area contributed by atoms with Crippen LogP contribution in [-0.2, 0) is 15.6 Å². The van der Waals surface area contributed by atoms with Crippen LogP contribution < -0.4 is 5.73 Å². The molecule has 0 radical (unpaired) electrons. The first-order valence-corrected chi connectivity index (χ1v) is 7.52. The molecule has 2 N–H and O–H groups in total. The van der Waals surface area contributed by atoms with Crippen molar-refractivity contribution in [2.24, 2.45) is 0 Å². The molecule has 20 heavy (non-hydrogen) atoms. The van der Waals surface area contributed by atoms with Gasteiger partial charge in [-0.15, -0.1) is 0 Å². The lowest BCUT2D eigenvalue weighted by atomic mass is 10.1. The molecule has 102 valence electrons. The summed E-state index contributed by atoms with van der Waals surface area (Å²) in [7, 11) is -3.61. The average Bonchev–Trinajstić information content (AvgIpc) is 2.41. The predicted octanol–water partition coefficient (Wildman–Crippen LogP) is 1.82. The summed E-state index contributed by atoms with van der Waals surface area (Å²) < 4.78 is 24.6. The number of aromatic nitrogens is 1. The number of benzene rings is 1. The first-order chi connectivity index (χ1) is 9.44. The largest absolute Gasteiger partial charge is 0.396 e. The second kappa shape index (κ2) is 5.31. The maximum Gasteiger partial charge on any atom is 0.201 e. The van der Waals surface area contributed by atoms with E-state index in [1.807, 2.05) is 6.07 Å². The number of hydrogen-bond donors (Lipinski definition) is 1. The monoisotopic (exact) mass is 287 g/mol. The average molecular weight is 287 g/mol. The van der Waals surface area contributed by atoms with Gasteiger partial charge in [-0.05, 0) is 42.3 Å². The van der Waals surface area contributed by atoms with E-state index in [1.165, 1.54) is 12.3 Å². The van der Waals surface area contributed by atoms with Crippen LogP contribution in [0.25, 0.3) is 0 Å². The van der Waals surface area contributed by atoms with Crippen molar-refractivity contribution in [1.82, 2.24) is 4.98 Å². The van der Waals surface area contributed by atoms with Crippen LogP contribution in [0, 0.1) is 18.3 Å². The third kappa shape index (κ3) is 2.78. The van der Waals surface area contributed by atoms with Crippen LogP contribution in [0.1, 0.15) is 16.7 Å². The number of anilines is 1. The third-order valence-corrected chi connectivity index (χ3v) is 4.53. The molecule has 6 heteroatoms. The fourth-order valence-corrected chi connectivity index (χ4v) is 3.38. The quantitative estimate of drug-likeness (QED) is 0.928. The van der Waals surface area contributed by atoms with Crippen LogP contribution in [0.5, 0.6) is 0 Å². The van der Waals surface area contributed by atoms with E-state index in [-0.39, 0.29) is 16.5 Å². The highest BCUT2D eigenvalue weighted by Crippen LogP contribution is 2.21. The van der Waals surface area contributed by atoms with Crippen LogP contribution in [0.2, 0.25) is 0 Å². The van der Waals surface area contributed by atoms with Crippen LogP contribution in [0.4, 0.5) is 5.69 Å². The third-order valence-electron chi connectivity index (χ3n) is 2.91. The van der Waals surface area contributed by atoms with Gasteiger partial charge >= 0.3 is 0 Å². The van der Waals surface area contributed by atoms with Crippen molar-refractivity contribution in [2.45, 2.75) is 17.7 Å². The van der Waals surface area contributed by atoms with E-state index in [0.717, 1.165) is 5.56 Å². The molecule has 0 amide bonds. The van der Waals surface area contributed by atoms with E-state index in [9.17, 15) is 8.42 Å². The number of hydrogen-bond acceptors (Lipinski definition) is 5. The second-order valence-electron chi connectivity index (χ2n) is 4.41. The Morgan fingerprint density at radius 3 is 2.70 bits per heavy atom. The number of sulfone groups is 1. The molecule has 0 spiro atoms. The minimum atomic E-state index is -3.61. The fraction of sp³-hybridized carbons (Fsp3) is 0.143. The van der Waals surface area contributed by atoms with E-state index in [1.54, 1.807) is 31.2 Å². The molecular weight excluding hydrogens is 274 g/mol. The lowest BCUT2D eigenvalue weighted by Gasteiger charge is -2.08. The minimum Gasteiger partial charge on any atom is -0.396 e. The molecule has 0 fully saturated rings. The van der Waals surface area contributed by atoms with Gasteiger partial charge in [-0.2, -0.15) is 5.26 Å². The molecule has 2 rings (SSSR count). The van der Waals surface area contributed by atoms with Crippen molar-refractivity contribution in [2.75, 3.05) is 5.73 Å². The molecule has 0 unspecified atom stereocenters. The molecule has 2 aromatic rings. The van der Waals surface area contributed by atoms with Crippen LogP contribution in [-0.4, -0.2) is 13.4 Å². The summed E-state index contributed by atoms with van der Waals surface area (Å²) in [5.41, 5.74) is 7.68. The molecule has 0 saturated heterocycles. The standard InChI is InChI=1S/C14H13N3O2S/c1-10-7-11(8-15)4-5-12(10)9-20(18,19)14-13(16)3-2-6-17-14/h2-7H,9,16H2,1H3. The molecule has 0 saturated carbocycles. The van der Waals surface area contributed by atoms with Gasteiger partial charge < -0.3 is 5.73 Å². The van der Waals surface area contributed by atoms with Gasteiger partial charge in [0.2, 0.25) is 9.84 Å². The predicted molar refractivity (Wildman–Crippen MR) is 75.4 cm³/mol. The summed E-state index contributed by atoms with van der Waals surface area (Å²) >= 11 is 0. The molecular formula is C14H13N3O2S. The summed E-state index contributed by atoms with van der Waals surface area (Å²) in [5, 5.41) is 8.70. The first-order valence-electron chi connectivity index (χ1n) is 5.87. The molecule has 0 bridgehead atoms. The van der Waals surface area contributed by atoms with Gasteiger partial charge in [0, 0.05) is 6.20 Å². The van der Waals surface area contributed by atoms with Gasteiger partial charge in [0.1, 0.15) is 0 Å². The highest BCUT2D eigenvalue weighted by molar-refractivity contribution is 7.90. The molecule has 0 aliphatic rings. The SMILES string of the molecule is Cc1cc(C#N)ccc1CS(=O)(=O)c1ncccc1N. The fourth-order valence-electron chi connectivity index (χ4n) is 1.86. The second-order valence-corrected chi connectivity index (χ2v) is 6.31. The Labute approximate surface area is 117 Å².